The van der Waals surface area contributed by atoms with Crippen molar-refractivity contribution >= 4 is 43.9 Å². The summed E-state index contributed by atoms with van der Waals surface area (Å²) in [6.45, 7) is 6.85. The van der Waals surface area contributed by atoms with Crippen molar-refractivity contribution in [3.8, 4) is 11.1 Å². The molecule has 4 aromatic carbocycles. The van der Waals surface area contributed by atoms with E-state index in [1.165, 1.54) is 63.1 Å². The summed E-state index contributed by atoms with van der Waals surface area (Å²) in [5.41, 5.74) is 9.14. The summed E-state index contributed by atoms with van der Waals surface area (Å²) < 4.78 is 13.4. The van der Waals surface area contributed by atoms with Crippen LogP contribution in [0, 0.1) is 0 Å². The minimum atomic E-state index is 0.444. The van der Waals surface area contributed by atoms with Gasteiger partial charge >= 0.3 is 0 Å². The number of aryl methyl sites for hydroxylation is 1. The van der Waals surface area contributed by atoms with Crippen molar-refractivity contribution in [2.75, 3.05) is 0 Å². The summed E-state index contributed by atoms with van der Waals surface area (Å²) >= 11 is 0. The van der Waals surface area contributed by atoms with Crippen LogP contribution in [0.1, 0.15) is 69.9 Å². The Labute approximate surface area is 188 Å². The third kappa shape index (κ3) is 2.78. The molecule has 2 heteroatoms. The van der Waals surface area contributed by atoms with Crippen LogP contribution >= 0.6 is 0 Å². The zero-order valence-corrected chi connectivity index (χ0v) is 19.3. The first-order valence-corrected chi connectivity index (χ1v) is 12.3. The van der Waals surface area contributed by atoms with E-state index in [4.69, 9.17) is 8.83 Å². The van der Waals surface area contributed by atoms with E-state index in [1.807, 2.05) is 0 Å². The van der Waals surface area contributed by atoms with Crippen molar-refractivity contribution in [1.29, 1.82) is 0 Å². The van der Waals surface area contributed by atoms with E-state index < -0.39 is 0 Å². The first kappa shape index (κ1) is 19.7. The van der Waals surface area contributed by atoms with Crippen LogP contribution in [0.2, 0.25) is 0 Å². The van der Waals surface area contributed by atoms with Gasteiger partial charge in [0.2, 0.25) is 0 Å². The number of hydrogen-bond acceptors (Lipinski definition) is 2. The predicted octanol–water partition coefficient (Wildman–Crippen LogP) is 9.66. The molecule has 1 unspecified atom stereocenters. The zero-order valence-electron chi connectivity index (χ0n) is 19.3. The molecule has 0 saturated heterocycles. The highest BCUT2D eigenvalue weighted by atomic mass is 16.3. The Bertz CT molecular complexity index is 1510. The summed E-state index contributed by atoms with van der Waals surface area (Å²) in [5.74, 6) is 0.444. The van der Waals surface area contributed by atoms with Gasteiger partial charge in [-0.05, 0) is 71.3 Å². The lowest BCUT2D eigenvalue weighted by molar-refractivity contribution is 0.618. The molecule has 2 aliphatic rings. The molecule has 0 aliphatic carbocycles. The minimum absolute atomic E-state index is 0.444. The van der Waals surface area contributed by atoms with Crippen molar-refractivity contribution in [3.63, 3.8) is 0 Å². The Morgan fingerprint density at radius 1 is 0.750 bits per heavy atom. The average Bonchev–Trinajstić information content (AvgIpc) is 2.81. The first-order valence-electron chi connectivity index (χ1n) is 12.3. The summed E-state index contributed by atoms with van der Waals surface area (Å²) in [7, 11) is 0. The Morgan fingerprint density at radius 2 is 1.41 bits per heavy atom. The number of hydrogen-bond donors (Lipinski definition) is 0. The van der Waals surface area contributed by atoms with Gasteiger partial charge in [-0.1, -0.05) is 64.3 Å². The van der Waals surface area contributed by atoms with Crippen LogP contribution in [-0.2, 0) is 6.42 Å². The molecule has 0 saturated carbocycles. The largest absolute Gasteiger partial charge is 0.456 e. The van der Waals surface area contributed by atoms with Gasteiger partial charge in [-0.3, -0.25) is 0 Å². The van der Waals surface area contributed by atoms with Crippen LogP contribution in [-0.4, -0.2) is 0 Å². The first-order chi connectivity index (χ1) is 15.7. The van der Waals surface area contributed by atoms with Crippen LogP contribution < -0.4 is 0 Å². The molecular formula is C30H30O2. The highest BCUT2D eigenvalue weighted by Crippen LogP contribution is 2.51. The zero-order chi connectivity index (χ0) is 21.8. The molecule has 1 atom stereocenters. The molecule has 0 bridgehead atoms. The number of rotatable bonds is 7. The van der Waals surface area contributed by atoms with Crippen LogP contribution in [0.5, 0.6) is 0 Å². The van der Waals surface area contributed by atoms with Crippen molar-refractivity contribution in [3.05, 3.63) is 59.7 Å². The monoisotopic (exact) mass is 422 g/mol. The van der Waals surface area contributed by atoms with Crippen LogP contribution in [0.25, 0.3) is 55.0 Å². The third-order valence-electron chi connectivity index (χ3n) is 7.24. The Kier molecular flexibility index (Phi) is 4.64. The Morgan fingerprint density at radius 3 is 2.09 bits per heavy atom. The van der Waals surface area contributed by atoms with Gasteiger partial charge in [-0.25, -0.2) is 0 Å². The molecule has 2 aliphatic heterocycles. The molecule has 0 fully saturated rings. The fourth-order valence-electron chi connectivity index (χ4n) is 5.69. The van der Waals surface area contributed by atoms with E-state index in [0.29, 0.717) is 5.92 Å². The maximum Gasteiger partial charge on any atom is 0.139 e. The van der Waals surface area contributed by atoms with E-state index in [2.05, 4.69) is 69.3 Å². The van der Waals surface area contributed by atoms with Gasteiger partial charge in [0.1, 0.15) is 22.3 Å². The van der Waals surface area contributed by atoms with Crippen molar-refractivity contribution in [1.82, 2.24) is 0 Å². The lowest BCUT2D eigenvalue weighted by atomic mass is 9.84. The van der Waals surface area contributed by atoms with Gasteiger partial charge in [-0.15, -0.1) is 0 Å². The molecule has 2 nitrogen and oxygen atoms in total. The number of unbranched alkanes of at least 4 members (excludes halogenated alkanes) is 2. The van der Waals surface area contributed by atoms with Gasteiger partial charge in [0.05, 0.1) is 0 Å². The van der Waals surface area contributed by atoms with Crippen molar-refractivity contribution in [2.45, 2.75) is 65.2 Å². The van der Waals surface area contributed by atoms with Crippen molar-refractivity contribution < 1.29 is 8.83 Å². The van der Waals surface area contributed by atoms with Gasteiger partial charge in [0.15, 0.2) is 0 Å². The maximum absolute atomic E-state index is 6.72. The molecule has 162 valence electrons. The number of benzene rings is 4. The van der Waals surface area contributed by atoms with Crippen LogP contribution in [0.15, 0.2) is 57.4 Å². The van der Waals surface area contributed by atoms with Crippen LogP contribution in [0.3, 0.4) is 0 Å². The Balaban J connectivity index is 1.80. The molecule has 0 N–H and O–H groups in total. The van der Waals surface area contributed by atoms with Crippen molar-refractivity contribution in [2.24, 2.45) is 0 Å². The van der Waals surface area contributed by atoms with E-state index in [0.717, 1.165) is 41.6 Å². The second kappa shape index (κ2) is 7.55. The fourth-order valence-corrected chi connectivity index (χ4v) is 5.69. The Hall–Kier alpha value is -3.00. The molecule has 2 heterocycles. The average molecular weight is 423 g/mol. The smallest absolute Gasteiger partial charge is 0.139 e. The fraction of sp³-hybridized carbons (Fsp3) is 0.333. The second-order valence-corrected chi connectivity index (χ2v) is 9.47. The second-order valence-electron chi connectivity index (χ2n) is 9.47. The molecule has 0 spiro atoms. The van der Waals surface area contributed by atoms with E-state index in [-0.39, 0.29) is 0 Å². The maximum atomic E-state index is 6.72. The SMILES string of the molecule is CCCCCc1cc2cccc3oc4c(C(C)CCC)cc5cccc6oc1c(c23)-c4c56. The minimum Gasteiger partial charge on any atom is -0.456 e. The van der Waals surface area contributed by atoms with Gasteiger partial charge in [0.25, 0.3) is 0 Å². The summed E-state index contributed by atoms with van der Waals surface area (Å²) in [5, 5.41) is 4.90. The lowest BCUT2D eigenvalue weighted by Crippen LogP contribution is -2.02. The molecule has 0 aromatic heterocycles. The van der Waals surface area contributed by atoms with E-state index in [9.17, 15) is 0 Å². The van der Waals surface area contributed by atoms with Gasteiger partial charge in [0, 0.05) is 21.9 Å². The highest BCUT2D eigenvalue weighted by molar-refractivity contribution is 6.24. The van der Waals surface area contributed by atoms with Crippen LogP contribution in [0.4, 0.5) is 0 Å². The topological polar surface area (TPSA) is 26.3 Å². The summed E-state index contributed by atoms with van der Waals surface area (Å²) in [4.78, 5) is 0. The molecule has 6 rings (SSSR count). The molecule has 4 aromatic rings. The molecule has 32 heavy (non-hydrogen) atoms. The molecular weight excluding hydrogens is 392 g/mol. The lowest BCUT2D eigenvalue weighted by Gasteiger charge is -2.24. The predicted molar refractivity (Wildman–Crippen MR) is 135 cm³/mol. The summed E-state index contributed by atoms with van der Waals surface area (Å²) in [6.07, 6.45) is 7.01. The van der Waals surface area contributed by atoms with Gasteiger partial charge < -0.3 is 8.83 Å². The van der Waals surface area contributed by atoms with E-state index in [1.54, 1.807) is 0 Å². The standard InChI is InChI=1S/C30H30O2/c1-4-6-7-11-21-16-19-12-8-15-24-25(19)27-28-26-20(13-9-14-23(26)31-29(21)27)17-22(30(28)32-24)18(3)10-5-2/h8-9,12-18H,4-7,10-11H2,1-3H3. The summed E-state index contributed by atoms with van der Waals surface area (Å²) in [6, 6.07) is 17.6. The highest BCUT2D eigenvalue weighted by Gasteiger charge is 2.28. The quantitative estimate of drug-likeness (QED) is 0.145. The normalized spacial score (nSPS) is 13.5. The molecule has 0 radical (unpaired) electrons. The van der Waals surface area contributed by atoms with E-state index >= 15 is 0 Å². The molecule has 0 amide bonds. The third-order valence-corrected chi connectivity index (χ3v) is 7.24. The van der Waals surface area contributed by atoms with Gasteiger partial charge in [-0.2, -0.15) is 0 Å².